The van der Waals surface area contributed by atoms with Gasteiger partial charge < -0.3 is 9.47 Å². The highest BCUT2D eigenvalue weighted by molar-refractivity contribution is 5.72. The number of ether oxygens (including phenoxy) is 2. The van der Waals surface area contributed by atoms with Crippen LogP contribution in [0.3, 0.4) is 0 Å². The molecule has 0 N–H and O–H groups in total. The summed E-state index contributed by atoms with van der Waals surface area (Å²) >= 11 is 0. The molecular weight excluding hydrogens is 389 g/mol. The zero-order valence-corrected chi connectivity index (χ0v) is 17.0. The van der Waals surface area contributed by atoms with Gasteiger partial charge in [0.25, 0.3) is 0 Å². The summed E-state index contributed by atoms with van der Waals surface area (Å²) in [6.45, 7) is 4.46. The van der Waals surface area contributed by atoms with Crippen molar-refractivity contribution in [3.05, 3.63) is 120 Å². The van der Waals surface area contributed by atoms with Crippen LogP contribution in [0.2, 0.25) is 0 Å². The van der Waals surface area contributed by atoms with Crippen molar-refractivity contribution in [2.45, 2.75) is 13.2 Å². The zero-order chi connectivity index (χ0) is 21.5. The SMILES string of the molecule is C=Cc1ccc(F)c(-c2ccc(OCc3ccccc3)nc2OCc2ccccc2)c1. The van der Waals surface area contributed by atoms with E-state index in [1.807, 2.05) is 60.7 Å². The third-order valence-corrected chi connectivity index (χ3v) is 4.80. The van der Waals surface area contributed by atoms with Gasteiger partial charge in [-0.25, -0.2) is 4.39 Å². The molecular formula is C27H22FNO2. The van der Waals surface area contributed by atoms with E-state index in [9.17, 15) is 4.39 Å². The molecule has 4 aromatic rings. The van der Waals surface area contributed by atoms with Crippen LogP contribution in [0.15, 0.2) is 97.6 Å². The molecule has 31 heavy (non-hydrogen) atoms. The summed E-state index contributed by atoms with van der Waals surface area (Å²) in [6.07, 6.45) is 1.68. The lowest BCUT2D eigenvalue weighted by Crippen LogP contribution is -2.03. The molecule has 0 aliphatic rings. The van der Waals surface area contributed by atoms with Gasteiger partial charge in [-0.2, -0.15) is 4.98 Å². The molecule has 0 aliphatic heterocycles. The van der Waals surface area contributed by atoms with Crippen LogP contribution in [0.5, 0.6) is 11.8 Å². The topological polar surface area (TPSA) is 31.4 Å². The minimum Gasteiger partial charge on any atom is -0.473 e. The highest BCUT2D eigenvalue weighted by atomic mass is 19.1. The van der Waals surface area contributed by atoms with Crippen LogP contribution in [0, 0.1) is 5.82 Å². The normalized spacial score (nSPS) is 10.5. The van der Waals surface area contributed by atoms with Gasteiger partial charge in [-0.3, -0.25) is 0 Å². The molecule has 0 radical (unpaired) electrons. The maximum absolute atomic E-state index is 14.7. The lowest BCUT2D eigenvalue weighted by Gasteiger charge is -2.14. The molecule has 3 aromatic carbocycles. The van der Waals surface area contributed by atoms with Crippen molar-refractivity contribution in [1.82, 2.24) is 4.98 Å². The van der Waals surface area contributed by atoms with E-state index in [0.29, 0.717) is 36.1 Å². The van der Waals surface area contributed by atoms with Crippen LogP contribution in [0.1, 0.15) is 16.7 Å². The third kappa shape index (κ3) is 5.17. The maximum Gasteiger partial charge on any atom is 0.225 e. The fraction of sp³-hybridized carbons (Fsp3) is 0.0741. The molecule has 0 spiro atoms. The van der Waals surface area contributed by atoms with Crippen molar-refractivity contribution in [3.8, 4) is 22.9 Å². The number of pyridine rings is 1. The first-order valence-electron chi connectivity index (χ1n) is 10.00. The van der Waals surface area contributed by atoms with E-state index in [1.54, 1.807) is 30.3 Å². The Morgan fingerprint density at radius 3 is 2.03 bits per heavy atom. The van der Waals surface area contributed by atoms with E-state index in [-0.39, 0.29) is 5.82 Å². The highest BCUT2D eigenvalue weighted by Gasteiger charge is 2.15. The lowest BCUT2D eigenvalue weighted by molar-refractivity contribution is 0.268. The van der Waals surface area contributed by atoms with Crippen molar-refractivity contribution in [2.24, 2.45) is 0 Å². The molecule has 0 aliphatic carbocycles. The Bertz CT molecular complexity index is 1160. The summed E-state index contributed by atoms with van der Waals surface area (Å²) < 4.78 is 26.5. The first kappa shape index (κ1) is 20.4. The first-order valence-corrected chi connectivity index (χ1v) is 10.00. The summed E-state index contributed by atoms with van der Waals surface area (Å²) in [5, 5.41) is 0. The minimum atomic E-state index is -0.352. The van der Waals surface area contributed by atoms with Gasteiger partial charge in [-0.1, -0.05) is 79.4 Å². The van der Waals surface area contributed by atoms with E-state index in [1.165, 1.54) is 6.07 Å². The quantitative estimate of drug-likeness (QED) is 0.324. The van der Waals surface area contributed by atoms with Crippen molar-refractivity contribution in [1.29, 1.82) is 0 Å². The second-order valence-corrected chi connectivity index (χ2v) is 6.99. The Kier molecular flexibility index (Phi) is 6.38. The predicted octanol–water partition coefficient (Wildman–Crippen LogP) is 6.69. The van der Waals surface area contributed by atoms with Crippen molar-refractivity contribution < 1.29 is 13.9 Å². The van der Waals surface area contributed by atoms with Crippen LogP contribution < -0.4 is 9.47 Å². The van der Waals surface area contributed by atoms with Gasteiger partial charge in [-0.15, -0.1) is 0 Å². The van der Waals surface area contributed by atoms with Crippen molar-refractivity contribution >= 4 is 6.08 Å². The first-order chi connectivity index (χ1) is 15.2. The molecule has 0 saturated heterocycles. The largest absolute Gasteiger partial charge is 0.473 e. The minimum absolute atomic E-state index is 0.311. The van der Waals surface area contributed by atoms with Crippen LogP contribution in [0.25, 0.3) is 17.2 Å². The number of halogens is 1. The van der Waals surface area contributed by atoms with Crippen LogP contribution in [-0.2, 0) is 13.2 Å². The molecule has 0 amide bonds. The molecule has 0 saturated carbocycles. The van der Waals surface area contributed by atoms with E-state index in [4.69, 9.17) is 9.47 Å². The molecule has 1 heterocycles. The number of hydrogen-bond donors (Lipinski definition) is 0. The molecule has 0 atom stereocenters. The molecule has 0 unspecified atom stereocenters. The van der Waals surface area contributed by atoms with Gasteiger partial charge in [0.2, 0.25) is 11.8 Å². The number of benzene rings is 3. The van der Waals surface area contributed by atoms with Crippen LogP contribution in [0.4, 0.5) is 4.39 Å². The molecule has 1 aromatic heterocycles. The molecule has 0 fully saturated rings. The average Bonchev–Trinajstić information content (AvgIpc) is 2.83. The fourth-order valence-electron chi connectivity index (χ4n) is 3.15. The Labute approximate surface area is 181 Å². The van der Waals surface area contributed by atoms with Crippen molar-refractivity contribution in [2.75, 3.05) is 0 Å². The van der Waals surface area contributed by atoms with Gasteiger partial charge in [0.1, 0.15) is 19.0 Å². The van der Waals surface area contributed by atoms with Gasteiger partial charge in [0, 0.05) is 17.2 Å². The zero-order valence-electron chi connectivity index (χ0n) is 17.0. The lowest BCUT2D eigenvalue weighted by atomic mass is 10.0. The Morgan fingerprint density at radius 2 is 1.39 bits per heavy atom. The summed E-state index contributed by atoms with van der Waals surface area (Å²) in [6, 6.07) is 28.0. The Hall–Kier alpha value is -3.92. The molecule has 4 rings (SSSR count). The number of rotatable bonds is 8. The standard InChI is InChI=1S/C27H22FNO2/c1-2-20-13-15-25(28)24(17-20)23-14-16-26(30-18-21-9-5-3-6-10-21)29-27(23)31-19-22-11-7-4-8-12-22/h2-17H,1,18-19H2. The molecule has 3 nitrogen and oxygen atoms in total. The Balaban J connectivity index is 1.65. The second kappa shape index (κ2) is 9.72. The number of nitrogens with zero attached hydrogens (tertiary/aromatic N) is 1. The van der Waals surface area contributed by atoms with E-state index in [2.05, 4.69) is 11.6 Å². The second-order valence-electron chi connectivity index (χ2n) is 6.99. The third-order valence-electron chi connectivity index (χ3n) is 4.80. The fourth-order valence-corrected chi connectivity index (χ4v) is 3.15. The van der Waals surface area contributed by atoms with Crippen LogP contribution >= 0.6 is 0 Å². The summed E-state index contributed by atoms with van der Waals surface area (Å²) in [7, 11) is 0. The summed E-state index contributed by atoms with van der Waals surface area (Å²) in [4.78, 5) is 4.54. The Morgan fingerprint density at radius 1 is 0.742 bits per heavy atom. The van der Waals surface area contributed by atoms with Gasteiger partial charge in [0.15, 0.2) is 0 Å². The van der Waals surface area contributed by atoms with Gasteiger partial charge in [-0.05, 0) is 34.9 Å². The molecule has 0 bridgehead atoms. The van der Waals surface area contributed by atoms with Gasteiger partial charge in [0.05, 0.1) is 0 Å². The smallest absolute Gasteiger partial charge is 0.225 e. The monoisotopic (exact) mass is 411 g/mol. The number of hydrogen-bond acceptors (Lipinski definition) is 3. The van der Waals surface area contributed by atoms with E-state index < -0.39 is 0 Å². The molecule has 154 valence electrons. The van der Waals surface area contributed by atoms with E-state index >= 15 is 0 Å². The average molecular weight is 411 g/mol. The van der Waals surface area contributed by atoms with E-state index in [0.717, 1.165) is 16.7 Å². The highest BCUT2D eigenvalue weighted by Crippen LogP contribution is 2.34. The summed E-state index contributed by atoms with van der Waals surface area (Å²) in [5.74, 6) is 0.375. The van der Waals surface area contributed by atoms with Gasteiger partial charge >= 0.3 is 0 Å². The van der Waals surface area contributed by atoms with Crippen LogP contribution in [-0.4, -0.2) is 4.98 Å². The summed E-state index contributed by atoms with van der Waals surface area (Å²) in [5.41, 5.74) is 3.80. The number of aromatic nitrogens is 1. The predicted molar refractivity (Wildman–Crippen MR) is 121 cm³/mol. The van der Waals surface area contributed by atoms with Crippen molar-refractivity contribution in [3.63, 3.8) is 0 Å². The molecule has 4 heteroatoms. The maximum atomic E-state index is 14.7.